The van der Waals surface area contributed by atoms with Gasteiger partial charge >= 0.3 is 7.12 Å². The maximum Gasteiger partial charge on any atom is 0.488 e. The Morgan fingerprint density at radius 2 is 1.53 bits per heavy atom. The van der Waals surface area contributed by atoms with E-state index >= 15 is 0 Å². The summed E-state index contributed by atoms with van der Waals surface area (Å²) in [7, 11) is -1.80. The van der Waals surface area contributed by atoms with E-state index in [1.807, 2.05) is 0 Å². The van der Waals surface area contributed by atoms with Crippen molar-refractivity contribution in [2.75, 3.05) is 0 Å². The van der Waals surface area contributed by atoms with Crippen molar-refractivity contribution in [2.45, 2.75) is 26.2 Å². The van der Waals surface area contributed by atoms with Crippen molar-refractivity contribution in [1.82, 2.24) is 0 Å². The number of benzene rings is 1. The molecule has 0 unspecified atom stereocenters. The van der Waals surface area contributed by atoms with Gasteiger partial charge in [0, 0.05) is 0 Å². The molecule has 0 aromatic heterocycles. The molecule has 0 aliphatic carbocycles. The van der Waals surface area contributed by atoms with E-state index in [2.05, 4.69) is 0 Å². The van der Waals surface area contributed by atoms with Crippen LogP contribution in [-0.2, 0) is 5.41 Å². The molecule has 5 heteroatoms. The largest absolute Gasteiger partial charge is 0.488 e. The minimum Gasteiger partial charge on any atom is -0.423 e. The molecule has 0 spiro atoms. The first-order valence-electron chi connectivity index (χ1n) is 4.59. The number of halogens is 2. The van der Waals surface area contributed by atoms with Gasteiger partial charge in [-0.05, 0) is 28.6 Å². The SMILES string of the molecule is CC(C)(C)c1cc(F)c(F)cc1B(O)O. The minimum atomic E-state index is -1.80. The summed E-state index contributed by atoms with van der Waals surface area (Å²) in [6, 6.07) is 1.82. The zero-order valence-electron chi connectivity index (χ0n) is 8.88. The quantitative estimate of drug-likeness (QED) is 0.683. The first-order valence-corrected chi connectivity index (χ1v) is 4.59. The van der Waals surface area contributed by atoms with Crippen LogP contribution in [0.5, 0.6) is 0 Å². The molecule has 1 rings (SSSR count). The Morgan fingerprint density at radius 1 is 1.07 bits per heavy atom. The van der Waals surface area contributed by atoms with Crippen LogP contribution >= 0.6 is 0 Å². The Bertz CT molecular complexity index is 372. The van der Waals surface area contributed by atoms with Crippen LogP contribution in [0.1, 0.15) is 26.3 Å². The average Bonchev–Trinajstić information content (AvgIpc) is 2.06. The van der Waals surface area contributed by atoms with Gasteiger partial charge in [0.2, 0.25) is 0 Å². The number of hydrogen-bond acceptors (Lipinski definition) is 2. The molecule has 2 N–H and O–H groups in total. The van der Waals surface area contributed by atoms with E-state index in [1.54, 1.807) is 20.8 Å². The molecule has 0 saturated carbocycles. The van der Waals surface area contributed by atoms with Crippen molar-refractivity contribution in [3.63, 3.8) is 0 Å². The molecule has 0 atom stereocenters. The lowest BCUT2D eigenvalue weighted by Gasteiger charge is -2.23. The normalized spacial score (nSPS) is 11.7. The van der Waals surface area contributed by atoms with Gasteiger partial charge in [-0.2, -0.15) is 0 Å². The van der Waals surface area contributed by atoms with Crippen LogP contribution in [0.15, 0.2) is 12.1 Å². The van der Waals surface area contributed by atoms with Crippen molar-refractivity contribution in [1.29, 1.82) is 0 Å². The first-order chi connectivity index (χ1) is 6.73. The summed E-state index contributed by atoms with van der Waals surface area (Å²) in [5.41, 5.74) is -0.0917. The molecule has 0 radical (unpaired) electrons. The highest BCUT2D eigenvalue weighted by atomic mass is 19.2. The molecule has 0 bridgehead atoms. The Balaban J connectivity index is 3.42. The second-order valence-corrected chi connectivity index (χ2v) is 4.48. The van der Waals surface area contributed by atoms with Crippen LogP contribution < -0.4 is 5.46 Å². The summed E-state index contributed by atoms with van der Waals surface area (Å²) < 4.78 is 25.9. The highest BCUT2D eigenvalue weighted by Crippen LogP contribution is 2.22. The van der Waals surface area contributed by atoms with E-state index in [-0.39, 0.29) is 5.46 Å². The lowest BCUT2D eigenvalue weighted by molar-refractivity contribution is 0.422. The summed E-state index contributed by atoms with van der Waals surface area (Å²) in [6.07, 6.45) is 0. The summed E-state index contributed by atoms with van der Waals surface area (Å²) in [5, 5.41) is 18.1. The fourth-order valence-corrected chi connectivity index (χ4v) is 1.43. The fourth-order valence-electron chi connectivity index (χ4n) is 1.43. The van der Waals surface area contributed by atoms with Crippen LogP contribution in [0, 0.1) is 11.6 Å². The molecule has 0 aliphatic rings. The smallest absolute Gasteiger partial charge is 0.423 e. The van der Waals surface area contributed by atoms with Crippen molar-refractivity contribution in [2.24, 2.45) is 0 Å². The second kappa shape index (κ2) is 3.91. The van der Waals surface area contributed by atoms with Gasteiger partial charge in [-0.3, -0.25) is 0 Å². The molecule has 0 saturated heterocycles. The molecule has 0 amide bonds. The number of hydrogen-bond donors (Lipinski definition) is 2. The Hall–Kier alpha value is -0.935. The lowest BCUT2D eigenvalue weighted by Crippen LogP contribution is -2.37. The predicted molar refractivity (Wildman–Crippen MR) is 54.9 cm³/mol. The minimum absolute atomic E-state index is 0.00130. The Labute approximate surface area is 87.7 Å². The zero-order chi connectivity index (χ0) is 11.8. The van der Waals surface area contributed by atoms with Crippen LogP contribution in [0.4, 0.5) is 8.78 Å². The van der Waals surface area contributed by atoms with E-state index in [1.165, 1.54) is 0 Å². The zero-order valence-corrected chi connectivity index (χ0v) is 8.88. The van der Waals surface area contributed by atoms with Crippen LogP contribution in [0.2, 0.25) is 0 Å². The van der Waals surface area contributed by atoms with Crippen LogP contribution in [0.3, 0.4) is 0 Å². The molecule has 82 valence electrons. The van der Waals surface area contributed by atoms with Gasteiger partial charge in [-0.15, -0.1) is 0 Å². The maximum atomic E-state index is 13.0. The van der Waals surface area contributed by atoms with Gasteiger partial charge in [-0.1, -0.05) is 20.8 Å². The molecule has 15 heavy (non-hydrogen) atoms. The number of rotatable bonds is 1. The molecule has 0 fully saturated rings. The molecular weight excluding hydrogens is 201 g/mol. The highest BCUT2D eigenvalue weighted by molar-refractivity contribution is 6.59. The van der Waals surface area contributed by atoms with Gasteiger partial charge in [0.15, 0.2) is 11.6 Å². The molecule has 1 aromatic rings. The monoisotopic (exact) mass is 214 g/mol. The third-order valence-corrected chi connectivity index (χ3v) is 2.18. The van der Waals surface area contributed by atoms with E-state index < -0.39 is 24.2 Å². The van der Waals surface area contributed by atoms with E-state index in [9.17, 15) is 8.78 Å². The van der Waals surface area contributed by atoms with Crippen LogP contribution in [-0.4, -0.2) is 17.2 Å². The maximum absolute atomic E-state index is 13.0. The first kappa shape index (κ1) is 12.1. The standard InChI is InChI=1S/C10H13BF2O2/c1-10(2,3)6-4-8(12)9(13)5-7(6)11(14)15/h4-5,14-15H,1-3H3. The van der Waals surface area contributed by atoms with Gasteiger partial charge < -0.3 is 10.0 Å². The third kappa shape index (κ3) is 2.55. The van der Waals surface area contributed by atoms with Gasteiger partial charge in [0.25, 0.3) is 0 Å². The van der Waals surface area contributed by atoms with Gasteiger partial charge in [-0.25, -0.2) is 8.78 Å². The van der Waals surface area contributed by atoms with Gasteiger partial charge in [0.1, 0.15) is 0 Å². The highest BCUT2D eigenvalue weighted by Gasteiger charge is 2.26. The van der Waals surface area contributed by atoms with Crippen molar-refractivity contribution in [3.05, 3.63) is 29.3 Å². The summed E-state index contributed by atoms with van der Waals surface area (Å²) >= 11 is 0. The molecular formula is C10H13BF2O2. The van der Waals surface area contributed by atoms with Crippen molar-refractivity contribution < 1.29 is 18.8 Å². The van der Waals surface area contributed by atoms with Crippen LogP contribution in [0.25, 0.3) is 0 Å². The Kier molecular flexibility index (Phi) is 3.16. The second-order valence-electron chi connectivity index (χ2n) is 4.48. The fraction of sp³-hybridized carbons (Fsp3) is 0.400. The molecule has 2 nitrogen and oxygen atoms in total. The summed E-state index contributed by atoms with van der Waals surface area (Å²) in [5.74, 6) is -2.06. The van der Waals surface area contributed by atoms with E-state index in [0.29, 0.717) is 5.56 Å². The summed E-state index contributed by atoms with van der Waals surface area (Å²) in [4.78, 5) is 0. The van der Waals surface area contributed by atoms with E-state index in [4.69, 9.17) is 10.0 Å². The Morgan fingerprint density at radius 3 is 1.93 bits per heavy atom. The van der Waals surface area contributed by atoms with Crippen molar-refractivity contribution >= 4 is 12.6 Å². The van der Waals surface area contributed by atoms with E-state index in [0.717, 1.165) is 12.1 Å². The molecule has 1 aromatic carbocycles. The molecule has 0 aliphatic heterocycles. The van der Waals surface area contributed by atoms with Gasteiger partial charge in [0.05, 0.1) is 0 Å². The van der Waals surface area contributed by atoms with Crippen molar-refractivity contribution in [3.8, 4) is 0 Å². The third-order valence-electron chi connectivity index (χ3n) is 2.18. The molecule has 0 heterocycles. The summed E-state index contributed by atoms with van der Waals surface area (Å²) in [6.45, 7) is 5.35. The topological polar surface area (TPSA) is 40.5 Å². The average molecular weight is 214 g/mol. The predicted octanol–water partition coefficient (Wildman–Crippen LogP) is 0.942. The lowest BCUT2D eigenvalue weighted by atomic mass is 9.70.